The van der Waals surface area contributed by atoms with Crippen LogP contribution in [-0.4, -0.2) is 31.0 Å². The van der Waals surface area contributed by atoms with Crippen LogP contribution in [0.5, 0.6) is 5.75 Å². The average Bonchev–Trinajstić information content (AvgIpc) is 3.02. The van der Waals surface area contributed by atoms with Gasteiger partial charge in [-0.05, 0) is 23.3 Å². The van der Waals surface area contributed by atoms with Crippen molar-refractivity contribution in [3.63, 3.8) is 0 Å². The van der Waals surface area contributed by atoms with E-state index in [-0.39, 0.29) is 11.4 Å². The van der Waals surface area contributed by atoms with Gasteiger partial charge in [0.2, 0.25) is 0 Å². The third-order valence-electron chi connectivity index (χ3n) is 3.91. The molecule has 0 saturated carbocycles. The summed E-state index contributed by atoms with van der Waals surface area (Å²) in [5, 5.41) is 33.4. The van der Waals surface area contributed by atoms with Crippen molar-refractivity contribution in [3.05, 3.63) is 75.9 Å². The number of hydrogen-bond acceptors (Lipinski definition) is 6. The Bertz CT molecular complexity index is 995. The lowest BCUT2D eigenvalue weighted by atomic mass is 9.96. The second kappa shape index (κ2) is 7.06. The highest BCUT2D eigenvalue weighted by Gasteiger charge is 2.15. The molecule has 0 aliphatic carbocycles. The molecule has 3 rings (SSSR count). The normalized spacial score (nSPS) is 11.1. The van der Waals surface area contributed by atoms with Gasteiger partial charge >= 0.3 is 0 Å². The van der Waals surface area contributed by atoms with E-state index in [1.54, 1.807) is 30.6 Å². The zero-order valence-electron chi connectivity index (χ0n) is 13.9. The molecular formula is C18H16N4O4. The van der Waals surface area contributed by atoms with Crippen molar-refractivity contribution in [2.75, 3.05) is 0 Å². The van der Waals surface area contributed by atoms with Crippen LogP contribution >= 0.6 is 0 Å². The molecule has 0 amide bonds. The van der Waals surface area contributed by atoms with E-state index in [4.69, 9.17) is 5.21 Å². The zero-order valence-corrected chi connectivity index (χ0v) is 13.9. The number of aromatic hydroxyl groups is 1. The Morgan fingerprint density at radius 1 is 1.35 bits per heavy atom. The Kier molecular flexibility index (Phi) is 4.66. The molecule has 0 spiro atoms. The van der Waals surface area contributed by atoms with Crippen LogP contribution in [0.1, 0.15) is 16.8 Å². The van der Waals surface area contributed by atoms with Gasteiger partial charge in [-0.3, -0.25) is 10.1 Å². The predicted octanol–water partition coefficient (Wildman–Crippen LogP) is 3.10. The van der Waals surface area contributed by atoms with E-state index in [1.165, 1.54) is 12.1 Å². The smallest absolute Gasteiger partial charge is 0.270 e. The first-order chi connectivity index (χ1) is 12.5. The highest BCUT2D eigenvalue weighted by molar-refractivity contribution is 5.89. The highest BCUT2D eigenvalue weighted by Crippen LogP contribution is 2.35. The lowest BCUT2D eigenvalue weighted by Crippen LogP contribution is -1.95. The Hall–Kier alpha value is -3.68. The first kappa shape index (κ1) is 17.2. The van der Waals surface area contributed by atoms with Crippen molar-refractivity contribution >= 4 is 11.9 Å². The number of rotatable bonds is 5. The minimum Gasteiger partial charge on any atom is -0.507 e. The molecule has 1 heterocycles. The van der Waals surface area contributed by atoms with Crippen LogP contribution in [0.15, 0.2) is 54.1 Å². The standard InChI is InChI=1S/C18H16N4O4/c1-21-10-15(19-11-21)6-12-5-14(9-20-24)18(23)17(7-12)13-3-2-4-16(8-13)22(25)26/h2-5,7-11,23-24H,6H2,1H3. The van der Waals surface area contributed by atoms with Crippen molar-refractivity contribution < 1.29 is 15.2 Å². The van der Waals surface area contributed by atoms with Crippen LogP contribution in [0.2, 0.25) is 0 Å². The van der Waals surface area contributed by atoms with Gasteiger partial charge in [-0.1, -0.05) is 17.3 Å². The van der Waals surface area contributed by atoms with Crippen molar-refractivity contribution in [2.45, 2.75) is 6.42 Å². The number of phenols is 1. The predicted molar refractivity (Wildman–Crippen MR) is 95.6 cm³/mol. The fraction of sp³-hybridized carbons (Fsp3) is 0.111. The lowest BCUT2D eigenvalue weighted by molar-refractivity contribution is -0.384. The Morgan fingerprint density at radius 2 is 2.15 bits per heavy atom. The number of phenolic OH excluding ortho intramolecular Hbond substituents is 1. The van der Waals surface area contributed by atoms with Gasteiger partial charge in [-0.25, -0.2) is 4.98 Å². The van der Waals surface area contributed by atoms with Crippen LogP contribution in [0.4, 0.5) is 5.69 Å². The van der Waals surface area contributed by atoms with E-state index in [1.807, 2.05) is 17.8 Å². The summed E-state index contributed by atoms with van der Waals surface area (Å²) in [6.45, 7) is 0. The summed E-state index contributed by atoms with van der Waals surface area (Å²) in [4.78, 5) is 14.8. The first-order valence-electron chi connectivity index (χ1n) is 7.73. The number of nitro benzene ring substituents is 1. The summed E-state index contributed by atoms with van der Waals surface area (Å²) >= 11 is 0. The average molecular weight is 352 g/mol. The summed E-state index contributed by atoms with van der Waals surface area (Å²) < 4.78 is 1.83. The number of non-ortho nitro benzene ring substituents is 1. The van der Waals surface area contributed by atoms with E-state index in [9.17, 15) is 15.2 Å². The molecular weight excluding hydrogens is 336 g/mol. The minimum absolute atomic E-state index is 0.0746. The topological polar surface area (TPSA) is 114 Å². The fourth-order valence-electron chi connectivity index (χ4n) is 2.76. The number of hydrogen-bond donors (Lipinski definition) is 2. The fourth-order valence-corrected chi connectivity index (χ4v) is 2.76. The van der Waals surface area contributed by atoms with Gasteiger partial charge in [-0.15, -0.1) is 0 Å². The van der Waals surface area contributed by atoms with Gasteiger partial charge in [-0.2, -0.15) is 0 Å². The molecule has 26 heavy (non-hydrogen) atoms. The van der Waals surface area contributed by atoms with Crippen molar-refractivity contribution in [2.24, 2.45) is 12.2 Å². The molecule has 132 valence electrons. The van der Waals surface area contributed by atoms with Gasteiger partial charge in [0.1, 0.15) is 5.75 Å². The molecule has 1 aromatic heterocycles. The maximum atomic E-state index is 11.0. The summed E-state index contributed by atoms with van der Waals surface area (Å²) in [5.41, 5.74) is 2.79. The molecule has 0 saturated heterocycles. The molecule has 2 N–H and O–H groups in total. The second-order valence-corrected chi connectivity index (χ2v) is 5.84. The largest absolute Gasteiger partial charge is 0.507 e. The van der Waals surface area contributed by atoms with Gasteiger partial charge in [0.25, 0.3) is 5.69 Å². The Labute approximate surface area is 148 Å². The monoisotopic (exact) mass is 352 g/mol. The summed E-state index contributed by atoms with van der Waals surface area (Å²) in [5.74, 6) is -0.118. The van der Waals surface area contributed by atoms with Crippen LogP contribution in [0.3, 0.4) is 0 Å². The quantitative estimate of drug-likeness (QED) is 0.317. The molecule has 0 atom stereocenters. The number of imidazole rings is 1. The van der Waals surface area contributed by atoms with Gasteiger partial charge in [0.15, 0.2) is 0 Å². The molecule has 0 fully saturated rings. The molecule has 2 aromatic carbocycles. The third kappa shape index (κ3) is 3.54. The molecule has 0 unspecified atom stereocenters. The number of benzene rings is 2. The third-order valence-corrected chi connectivity index (χ3v) is 3.91. The maximum absolute atomic E-state index is 11.0. The molecule has 8 nitrogen and oxygen atoms in total. The summed E-state index contributed by atoms with van der Waals surface area (Å²) in [6.07, 6.45) is 5.18. The number of nitro groups is 1. The van der Waals surface area contributed by atoms with E-state index in [0.717, 1.165) is 17.5 Å². The van der Waals surface area contributed by atoms with E-state index in [2.05, 4.69) is 10.1 Å². The lowest BCUT2D eigenvalue weighted by Gasteiger charge is -2.11. The van der Waals surface area contributed by atoms with Crippen LogP contribution in [-0.2, 0) is 13.5 Å². The molecule has 0 radical (unpaired) electrons. The van der Waals surface area contributed by atoms with Gasteiger partial charge in [0, 0.05) is 42.9 Å². The maximum Gasteiger partial charge on any atom is 0.270 e. The summed E-state index contributed by atoms with van der Waals surface area (Å²) in [7, 11) is 1.87. The zero-order chi connectivity index (χ0) is 18.7. The number of aryl methyl sites for hydroxylation is 1. The molecule has 0 aliphatic heterocycles. The number of aromatic nitrogens is 2. The first-order valence-corrected chi connectivity index (χ1v) is 7.73. The SMILES string of the molecule is Cn1cnc(Cc2cc(C=NO)c(O)c(-c3cccc([N+](=O)[O-])c3)c2)c1. The van der Waals surface area contributed by atoms with Crippen LogP contribution in [0, 0.1) is 10.1 Å². The Morgan fingerprint density at radius 3 is 2.81 bits per heavy atom. The Balaban J connectivity index is 2.11. The van der Waals surface area contributed by atoms with Crippen molar-refractivity contribution in [1.29, 1.82) is 0 Å². The van der Waals surface area contributed by atoms with E-state index >= 15 is 0 Å². The molecule has 0 aliphatic rings. The van der Waals surface area contributed by atoms with Crippen molar-refractivity contribution in [3.8, 4) is 16.9 Å². The highest BCUT2D eigenvalue weighted by atomic mass is 16.6. The van der Waals surface area contributed by atoms with Gasteiger partial charge < -0.3 is 14.9 Å². The molecule has 3 aromatic rings. The number of nitrogens with zero attached hydrogens (tertiary/aromatic N) is 4. The second-order valence-electron chi connectivity index (χ2n) is 5.84. The van der Waals surface area contributed by atoms with Crippen molar-refractivity contribution in [1.82, 2.24) is 9.55 Å². The van der Waals surface area contributed by atoms with Crippen LogP contribution in [0.25, 0.3) is 11.1 Å². The number of oxime groups is 1. The minimum atomic E-state index is -0.492. The summed E-state index contributed by atoms with van der Waals surface area (Å²) in [6, 6.07) is 9.43. The molecule has 8 heteroatoms. The van der Waals surface area contributed by atoms with Crippen LogP contribution < -0.4 is 0 Å². The van der Waals surface area contributed by atoms with Gasteiger partial charge in [0.05, 0.1) is 23.2 Å². The van der Waals surface area contributed by atoms with E-state index < -0.39 is 4.92 Å². The molecule has 0 bridgehead atoms. The van der Waals surface area contributed by atoms with E-state index in [0.29, 0.717) is 23.1 Å².